The second-order valence-corrected chi connectivity index (χ2v) is 4.74. The first-order valence-electron chi connectivity index (χ1n) is 5.13. The molecule has 5 heteroatoms. The summed E-state index contributed by atoms with van der Waals surface area (Å²) in [6, 6.07) is 0. The average molecular weight is 244 g/mol. The predicted molar refractivity (Wildman–Crippen MR) is 64.9 cm³/mol. The first-order chi connectivity index (χ1) is 7.45. The number of hydrogen-bond donors (Lipinski definition) is 0. The van der Waals surface area contributed by atoms with Gasteiger partial charge in [-0.15, -0.1) is 11.6 Å². The normalized spacial score (nSPS) is 11.9. The van der Waals surface area contributed by atoms with E-state index in [1.165, 1.54) is 0 Å². The summed E-state index contributed by atoms with van der Waals surface area (Å²) in [5.74, 6) is 0.903. The highest BCUT2D eigenvalue weighted by atomic mass is 35.5. The third-order valence-electron chi connectivity index (χ3n) is 2.60. The van der Waals surface area contributed by atoms with E-state index in [1.807, 2.05) is 14.1 Å². The minimum Gasteiger partial charge on any atom is -0.475 e. The standard InChI is InChI=1S/C11H18ClN3O/c1-11(2,15(3)4)8-16-10-7-13-9(5-12)6-14-10/h6-7H,5,8H2,1-4H3. The topological polar surface area (TPSA) is 38.2 Å². The van der Waals surface area contributed by atoms with Crippen molar-refractivity contribution in [3.05, 3.63) is 18.1 Å². The molecule has 16 heavy (non-hydrogen) atoms. The van der Waals surface area contributed by atoms with E-state index in [-0.39, 0.29) is 5.54 Å². The van der Waals surface area contributed by atoms with E-state index in [4.69, 9.17) is 16.3 Å². The molecule has 0 aliphatic rings. The number of nitrogens with zero attached hydrogens (tertiary/aromatic N) is 3. The minimum absolute atomic E-state index is 0.0349. The fourth-order valence-corrected chi connectivity index (χ4v) is 1.00. The lowest BCUT2D eigenvalue weighted by molar-refractivity contribution is 0.111. The molecule has 0 radical (unpaired) electrons. The Morgan fingerprint density at radius 1 is 1.31 bits per heavy atom. The van der Waals surface area contributed by atoms with Gasteiger partial charge < -0.3 is 9.64 Å². The Bertz CT molecular complexity index is 325. The van der Waals surface area contributed by atoms with Gasteiger partial charge >= 0.3 is 0 Å². The summed E-state index contributed by atoms with van der Waals surface area (Å²) in [5.41, 5.74) is 0.716. The van der Waals surface area contributed by atoms with E-state index >= 15 is 0 Å². The highest BCUT2D eigenvalue weighted by Gasteiger charge is 2.21. The third-order valence-corrected chi connectivity index (χ3v) is 2.88. The van der Waals surface area contributed by atoms with Crippen molar-refractivity contribution in [2.75, 3.05) is 20.7 Å². The molecule has 0 fully saturated rings. The molecule has 1 aromatic rings. The maximum absolute atomic E-state index is 5.62. The monoisotopic (exact) mass is 243 g/mol. The second kappa shape index (κ2) is 5.46. The molecule has 0 bridgehead atoms. The van der Waals surface area contributed by atoms with Crippen molar-refractivity contribution in [2.45, 2.75) is 25.3 Å². The minimum atomic E-state index is -0.0349. The van der Waals surface area contributed by atoms with Crippen LogP contribution in [-0.2, 0) is 5.88 Å². The van der Waals surface area contributed by atoms with Crippen LogP contribution >= 0.6 is 11.6 Å². The number of hydrogen-bond acceptors (Lipinski definition) is 4. The average Bonchev–Trinajstić information content (AvgIpc) is 2.27. The number of aromatic nitrogens is 2. The van der Waals surface area contributed by atoms with Crippen LogP contribution in [0.5, 0.6) is 5.88 Å². The largest absolute Gasteiger partial charge is 0.475 e. The molecule has 0 spiro atoms. The van der Waals surface area contributed by atoms with Crippen LogP contribution in [-0.4, -0.2) is 41.1 Å². The number of alkyl halides is 1. The molecule has 1 rings (SSSR count). The van der Waals surface area contributed by atoms with Crippen molar-refractivity contribution >= 4 is 11.6 Å². The first-order valence-corrected chi connectivity index (χ1v) is 5.66. The maximum Gasteiger partial charge on any atom is 0.232 e. The van der Waals surface area contributed by atoms with E-state index in [2.05, 4.69) is 28.7 Å². The summed E-state index contributed by atoms with van der Waals surface area (Å²) in [6.07, 6.45) is 3.23. The number of rotatable bonds is 5. The molecule has 0 N–H and O–H groups in total. The van der Waals surface area contributed by atoms with Crippen LogP contribution in [0.4, 0.5) is 0 Å². The lowest BCUT2D eigenvalue weighted by Gasteiger charge is -2.31. The summed E-state index contributed by atoms with van der Waals surface area (Å²) in [4.78, 5) is 10.3. The fraction of sp³-hybridized carbons (Fsp3) is 0.636. The molecule has 0 aliphatic heterocycles. The van der Waals surface area contributed by atoms with Gasteiger partial charge in [0.25, 0.3) is 0 Å². The molecule has 0 saturated carbocycles. The summed E-state index contributed by atoms with van der Waals surface area (Å²) < 4.78 is 5.57. The van der Waals surface area contributed by atoms with Gasteiger partial charge in [0.15, 0.2) is 0 Å². The van der Waals surface area contributed by atoms with E-state index in [1.54, 1.807) is 12.4 Å². The van der Waals surface area contributed by atoms with Crippen molar-refractivity contribution in [2.24, 2.45) is 0 Å². The molecular formula is C11H18ClN3O. The molecule has 4 nitrogen and oxygen atoms in total. The first kappa shape index (κ1) is 13.2. The number of ether oxygens (including phenoxy) is 1. The van der Waals surface area contributed by atoms with Crippen LogP contribution in [0.15, 0.2) is 12.4 Å². The van der Waals surface area contributed by atoms with E-state index in [0.29, 0.717) is 18.4 Å². The zero-order chi connectivity index (χ0) is 12.2. The molecule has 1 heterocycles. The Kier molecular flexibility index (Phi) is 4.50. The summed E-state index contributed by atoms with van der Waals surface area (Å²) in [6.45, 7) is 4.77. The van der Waals surface area contributed by atoms with Gasteiger partial charge in [-0.3, -0.25) is 4.98 Å². The van der Waals surface area contributed by atoms with Crippen molar-refractivity contribution in [3.8, 4) is 5.88 Å². The van der Waals surface area contributed by atoms with Crippen LogP contribution in [0.25, 0.3) is 0 Å². The van der Waals surface area contributed by atoms with Gasteiger partial charge in [-0.25, -0.2) is 4.98 Å². The summed E-state index contributed by atoms with van der Waals surface area (Å²) in [5, 5.41) is 0. The van der Waals surface area contributed by atoms with Gasteiger partial charge in [0, 0.05) is 5.54 Å². The summed E-state index contributed by atoms with van der Waals surface area (Å²) >= 11 is 5.62. The number of halogens is 1. The van der Waals surface area contributed by atoms with Gasteiger partial charge in [-0.2, -0.15) is 0 Å². The van der Waals surface area contributed by atoms with E-state index in [0.717, 1.165) is 5.69 Å². The molecule has 0 unspecified atom stereocenters. The van der Waals surface area contributed by atoms with E-state index < -0.39 is 0 Å². The van der Waals surface area contributed by atoms with Gasteiger partial charge in [0.2, 0.25) is 5.88 Å². The highest BCUT2D eigenvalue weighted by molar-refractivity contribution is 6.16. The Morgan fingerprint density at radius 3 is 2.44 bits per heavy atom. The van der Waals surface area contributed by atoms with Gasteiger partial charge in [-0.1, -0.05) is 0 Å². The van der Waals surface area contributed by atoms with Crippen LogP contribution in [0.1, 0.15) is 19.5 Å². The van der Waals surface area contributed by atoms with Crippen molar-refractivity contribution < 1.29 is 4.74 Å². The van der Waals surface area contributed by atoms with Crippen LogP contribution < -0.4 is 4.74 Å². The number of likely N-dealkylation sites (N-methyl/N-ethyl adjacent to an activating group) is 1. The Hall–Kier alpha value is -0.870. The third kappa shape index (κ3) is 3.61. The second-order valence-electron chi connectivity index (χ2n) is 4.48. The van der Waals surface area contributed by atoms with E-state index in [9.17, 15) is 0 Å². The zero-order valence-corrected chi connectivity index (χ0v) is 11.0. The molecule has 0 aliphatic carbocycles. The van der Waals surface area contributed by atoms with Crippen molar-refractivity contribution in [1.29, 1.82) is 0 Å². The molecule has 90 valence electrons. The highest BCUT2D eigenvalue weighted by Crippen LogP contribution is 2.13. The lowest BCUT2D eigenvalue weighted by atomic mass is 10.1. The Morgan fingerprint density at radius 2 is 2.00 bits per heavy atom. The molecule has 0 amide bonds. The van der Waals surface area contributed by atoms with Crippen LogP contribution in [0, 0.1) is 0 Å². The maximum atomic E-state index is 5.62. The molecule has 0 atom stereocenters. The quantitative estimate of drug-likeness (QED) is 0.741. The van der Waals surface area contributed by atoms with Crippen LogP contribution in [0.2, 0.25) is 0 Å². The van der Waals surface area contributed by atoms with Gasteiger partial charge in [0.05, 0.1) is 24.0 Å². The molecule has 1 aromatic heterocycles. The fourth-order valence-electron chi connectivity index (χ4n) is 0.866. The van der Waals surface area contributed by atoms with Gasteiger partial charge in [-0.05, 0) is 27.9 Å². The van der Waals surface area contributed by atoms with Gasteiger partial charge in [0.1, 0.15) is 6.61 Å². The van der Waals surface area contributed by atoms with Crippen LogP contribution in [0.3, 0.4) is 0 Å². The lowest BCUT2D eigenvalue weighted by Crippen LogP contribution is -2.43. The molecule has 0 saturated heterocycles. The smallest absolute Gasteiger partial charge is 0.232 e. The zero-order valence-electron chi connectivity index (χ0n) is 10.2. The SMILES string of the molecule is CN(C)C(C)(C)COc1cnc(CCl)cn1. The predicted octanol–water partition coefficient (Wildman–Crippen LogP) is 1.93. The molecular weight excluding hydrogens is 226 g/mol. The van der Waals surface area contributed by atoms with Crippen molar-refractivity contribution in [3.63, 3.8) is 0 Å². The Balaban J connectivity index is 2.54. The summed E-state index contributed by atoms with van der Waals surface area (Å²) in [7, 11) is 4.04. The molecule has 0 aromatic carbocycles. The van der Waals surface area contributed by atoms with Crippen molar-refractivity contribution in [1.82, 2.24) is 14.9 Å². The Labute approximate surface area is 102 Å².